The van der Waals surface area contributed by atoms with Gasteiger partial charge in [0.05, 0.1) is 30.0 Å². The van der Waals surface area contributed by atoms with E-state index in [0.29, 0.717) is 17.3 Å². The van der Waals surface area contributed by atoms with Crippen molar-refractivity contribution in [1.82, 2.24) is 4.98 Å². The van der Waals surface area contributed by atoms with Crippen LogP contribution in [-0.2, 0) is 10.0 Å². The Balaban J connectivity index is 2.15. The predicted molar refractivity (Wildman–Crippen MR) is 83.8 cm³/mol. The van der Waals surface area contributed by atoms with E-state index in [-0.39, 0.29) is 11.0 Å². The molecule has 7 heteroatoms. The van der Waals surface area contributed by atoms with Crippen molar-refractivity contribution >= 4 is 15.7 Å². The number of ether oxygens (including phenoxy) is 2. The largest absolute Gasteiger partial charge is 0.491 e. The first-order valence-corrected chi connectivity index (χ1v) is 8.18. The normalized spacial score (nSPS) is 11.3. The summed E-state index contributed by atoms with van der Waals surface area (Å²) in [5.74, 6) is 1.04. The first-order chi connectivity index (χ1) is 10.4. The molecule has 0 aliphatic carbocycles. The zero-order valence-corrected chi connectivity index (χ0v) is 13.4. The van der Waals surface area contributed by atoms with E-state index >= 15 is 0 Å². The van der Waals surface area contributed by atoms with E-state index in [9.17, 15) is 8.42 Å². The van der Waals surface area contributed by atoms with Crippen molar-refractivity contribution in [3.05, 3.63) is 42.6 Å². The van der Waals surface area contributed by atoms with Crippen LogP contribution in [0.1, 0.15) is 13.8 Å². The molecule has 2 aromatic rings. The van der Waals surface area contributed by atoms with E-state index in [4.69, 9.17) is 9.47 Å². The Labute approximate surface area is 130 Å². The van der Waals surface area contributed by atoms with Crippen LogP contribution in [0.2, 0.25) is 0 Å². The summed E-state index contributed by atoms with van der Waals surface area (Å²) in [5, 5.41) is 0. The number of methoxy groups -OCH3 is 1. The highest BCUT2D eigenvalue weighted by Gasteiger charge is 2.14. The van der Waals surface area contributed by atoms with Crippen LogP contribution in [0.15, 0.2) is 47.5 Å². The molecule has 0 radical (unpaired) electrons. The fourth-order valence-electron chi connectivity index (χ4n) is 1.75. The van der Waals surface area contributed by atoms with Crippen LogP contribution >= 0.6 is 0 Å². The van der Waals surface area contributed by atoms with Crippen LogP contribution in [0.5, 0.6) is 11.6 Å². The molecule has 118 valence electrons. The second kappa shape index (κ2) is 6.65. The van der Waals surface area contributed by atoms with Crippen molar-refractivity contribution in [3.8, 4) is 11.6 Å². The van der Waals surface area contributed by atoms with Gasteiger partial charge >= 0.3 is 0 Å². The summed E-state index contributed by atoms with van der Waals surface area (Å²) in [4.78, 5) is 4.10. The van der Waals surface area contributed by atoms with E-state index in [2.05, 4.69) is 9.71 Å². The van der Waals surface area contributed by atoms with Gasteiger partial charge in [-0.05, 0) is 44.2 Å². The van der Waals surface area contributed by atoms with Crippen LogP contribution in [0.4, 0.5) is 5.69 Å². The minimum Gasteiger partial charge on any atom is -0.491 e. The first kappa shape index (κ1) is 16.1. The average molecular weight is 322 g/mol. The molecule has 1 heterocycles. The molecular formula is C15H18N2O4S. The Kier molecular flexibility index (Phi) is 4.87. The fourth-order valence-corrected chi connectivity index (χ4v) is 2.79. The number of hydrogen-bond donors (Lipinski definition) is 1. The van der Waals surface area contributed by atoms with Crippen molar-refractivity contribution in [3.63, 3.8) is 0 Å². The number of nitrogens with one attached hydrogen (secondary N) is 1. The minimum absolute atomic E-state index is 0.0333. The molecule has 0 bridgehead atoms. The van der Waals surface area contributed by atoms with Gasteiger partial charge in [0.25, 0.3) is 10.0 Å². The summed E-state index contributed by atoms with van der Waals surface area (Å²) >= 11 is 0. The molecule has 0 saturated heterocycles. The van der Waals surface area contributed by atoms with Gasteiger partial charge in [-0.25, -0.2) is 13.4 Å². The lowest BCUT2D eigenvalue weighted by molar-refractivity contribution is 0.242. The molecule has 0 aliphatic rings. The standard InChI is InChI=1S/C15H18N2O4S/c1-11(2)21-13-5-7-14(8-6-13)22(18,19)17-12-4-9-15(20-3)16-10-12/h4-11,17H,1-3H3. The van der Waals surface area contributed by atoms with E-state index in [1.165, 1.54) is 25.4 Å². The van der Waals surface area contributed by atoms with Crippen LogP contribution in [0.25, 0.3) is 0 Å². The third kappa shape index (κ3) is 4.11. The maximum Gasteiger partial charge on any atom is 0.261 e. The highest BCUT2D eigenvalue weighted by molar-refractivity contribution is 7.92. The number of anilines is 1. The van der Waals surface area contributed by atoms with Gasteiger partial charge in [0.1, 0.15) is 5.75 Å². The van der Waals surface area contributed by atoms with Gasteiger partial charge in [0.15, 0.2) is 0 Å². The first-order valence-electron chi connectivity index (χ1n) is 6.70. The van der Waals surface area contributed by atoms with Crippen molar-refractivity contribution < 1.29 is 17.9 Å². The summed E-state index contributed by atoms with van der Waals surface area (Å²) in [6, 6.07) is 9.41. The highest BCUT2D eigenvalue weighted by Crippen LogP contribution is 2.20. The Hall–Kier alpha value is -2.28. The number of sulfonamides is 1. The molecule has 0 fully saturated rings. The SMILES string of the molecule is COc1ccc(NS(=O)(=O)c2ccc(OC(C)C)cc2)cn1. The smallest absolute Gasteiger partial charge is 0.261 e. The summed E-state index contributed by atoms with van der Waals surface area (Å²) in [7, 11) is -2.17. The number of hydrogen-bond acceptors (Lipinski definition) is 5. The molecule has 22 heavy (non-hydrogen) atoms. The van der Waals surface area contributed by atoms with Gasteiger partial charge in [-0.15, -0.1) is 0 Å². The molecule has 0 spiro atoms. The third-order valence-corrected chi connectivity index (χ3v) is 4.10. The van der Waals surface area contributed by atoms with Crippen molar-refractivity contribution in [2.45, 2.75) is 24.8 Å². The van der Waals surface area contributed by atoms with E-state index in [1.807, 2.05) is 13.8 Å². The molecule has 2 rings (SSSR count). The monoisotopic (exact) mass is 322 g/mol. The molecule has 0 amide bonds. The Morgan fingerprint density at radius 2 is 1.77 bits per heavy atom. The molecule has 0 saturated carbocycles. The number of pyridine rings is 1. The topological polar surface area (TPSA) is 77.5 Å². The maximum atomic E-state index is 12.3. The summed E-state index contributed by atoms with van der Waals surface area (Å²) in [6.07, 6.45) is 1.43. The lowest BCUT2D eigenvalue weighted by atomic mass is 10.3. The van der Waals surface area contributed by atoms with E-state index < -0.39 is 10.0 Å². The van der Waals surface area contributed by atoms with Gasteiger partial charge in [0.2, 0.25) is 5.88 Å². The predicted octanol–water partition coefficient (Wildman–Crippen LogP) is 2.68. The highest BCUT2D eigenvalue weighted by atomic mass is 32.2. The van der Waals surface area contributed by atoms with Gasteiger partial charge in [-0.3, -0.25) is 4.72 Å². The number of aromatic nitrogens is 1. The fraction of sp³-hybridized carbons (Fsp3) is 0.267. The van der Waals surface area contributed by atoms with Crippen molar-refractivity contribution in [2.75, 3.05) is 11.8 Å². The lowest BCUT2D eigenvalue weighted by Crippen LogP contribution is -2.13. The summed E-state index contributed by atoms with van der Waals surface area (Å²) in [6.45, 7) is 3.81. The van der Waals surface area contributed by atoms with Crippen molar-refractivity contribution in [2.24, 2.45) is 0 Å². The molecule has 6 nitrogen and oxygen atoms in total. The molecule has 0 unspecified atom stereocenters. The van der Waals surface area contributed by atoms with Crippen LogP contribution in [-0.4, -0.2) is 26.6 Å². The number of nitrogens with zero attached hydrogens (tertiary/aromatic N) is 1. The number of rotatable bonds is 6. The molecule has 1 aromatic carbocycles. The quantitative estimate of drug-likeness (QED) is 0.884. The average Bonchev–Trinajstić information content (AvgIpc) is 2.47. The van der Waals surface area contributed by atoms with Crippen LogP contribution < -0.4 is 14.2 Å². The summed E-state index contributed by atoms with van der Waals surface area (Å²) in [5.41, 5.74) is 0.364. The Bertz CT molecular complexity index is 710. The molecule has 1 N–H and O–H groups in total. The number of benzene rings is 1. The minimum atomic E-state index is -3.66. The van der Waals surface area contributed by atoms with E-state index in [1.54, 1.807) is 24.3 Å². The maximum absolute atomic E-state index is 12.3. The second-order valence-corrected chi connectivity index (χ2v) is 6.52. The second-order valence-electron chi connectivity index (χ2n) is 4.83. The van der Waals surface area contributed by atoms with Crippen LogP contribution in [0.3, 0.4) is 0 Å². The lowest BCUT2D eigenvalue weighted by Gasteiger charge is -2.11. The van der Waals surface area contributed by atoms with E-state index in [0.717, 1.165) is 0 Å². The zero-order valence-electron chi connectivity index (χ0n) is 12.6. The Morgan fingerprint density at radius 1 is 1.09 bits per heavy atom. The molecule has 0 aliphatic heterocycles. The van der Waals surface area contributed by atoms with Gasteiger partial charge in [-0.1, -0.05) is 0 Å². The molecule has 1 aromatic heterocycles. The molecular weight excluding hydrogens is 304 g/mol. The zero-order chi connectivity index (χ0) is 16.2. The van der Waals surface area contributed by atoms with Gasteiger partial charge in [-0.2, -0.15) is 0 Å². The van der Waals surface area contributed by atoms with Crippen molar-refractivity contribution in [1.29, 1.82) is 0 Å². The Morgan fingerprint density at radius 3 is 2.27 bits per heavy atom. The van der Waals surface area contributed by atoms with Gasteiger partial charge in [0, 0.05) is 6.07 Å². The third-order valence-electron chi connectivity index (χ3n) is 2.70. The van der Waals surface area contributed by atoms with Gasteiger partial charge < -0.3 is 9.47 Å². The van der Waals surface area contributed by atoms with Crippen LogP contribution in [0, 0.1) is 0 Å². The summed E-state index contributed by atoms with van der Waals surface area (Å²) < 4.78 is 37.4. The molecule has 0 atom stereocenters.